The number of hydrogen-bond acceptors (Lipinski definition) is 5. The molecule has 0 aliphatic rings. The zero-order chi connectivity index (χ0) is 12.1. The molecule has 0 amide bonds. The molecule has 1 aromatic heterocycles. The van der Waals surface area contributed by atoms with E-state index < -0.39 is 0 Å². The number of nitrogens with two attached hydrogens (primary N) is 1. The number of nitrogens with zero attached hydrogens (tertiary/aromatic N) is 5. The van der Waals surface area contributed by atoms with E-state index in [1.54, 1.807) is 4.68 Å². The smallest absolute Gasteiger partial charge is 0.170 e. The van der Waals surface area contributed by atoms with Crippen molar-refractivity contribution in [1.82, 2.24) is 25.1 Å². The van der Waals surface area contributed by atoms with Crippen molar-refractivity contribution in [3.8, 4) is 5.69 Å². The first-order valence-corrected chi connectivity index (χ1v) is 5.52. The Balaban J connectivity index is 2.18. The molecule has 2 aromatic rings. The first kappa shape index (κ1) is 11.7. The normalized spacial score (nSPS) is 11.0. The molecule has 2 N–H and O–H groups in total. The molecule has 0 fully saturated rings. The van der Waals surface area contributed by atoms with E-state index in [9.17, 15) is 0 Å². The number of hydrogen-bond donors (Lipinski definition) is 1. The lowest BCUT2D eigenvalue weighted by atomic mass is 10.3. The summed E-state index contributed by atoms with van der Waals surface area (Å²) in [6.45, 7) is 2.13. The maximum atomic E-state index is 5.51. The van der Waals surface area contributed by atoms with E-state index in [1.807, 2.05) is 37.4 Å². The molecule has 0 bridgehead atoms. The van der Waals surface area contributed by atoms with Crippen LogP contribution in [-0.4, -0.2) is 45.2 Å². The third kappa shape index (κ3) is 2.86. The van der Waals surface area contributed by atoms with Crippen molar-refractivity contribution in [2.45, 2.75) is 6.54 Å². The van der Waals surface area contributed by atoms with Gasteiger partial charge in [0.1, 0.15) is 0 Å². The highest BCUT2D eigenvalue weighted by molar-refractivity contribution is 5.30. The van der Waals surface area contributed by atoms with Crippen molar-refractivity contribution < 1.29 is 0 Å². The Morgan fingerprint density at radius 1 is 1.29 bits per heavy atom. The molecule has 0 radical (unpaired) electrons. The van der Waals surface area contributed by atoms with E-state index in [0.29, 0.717) is 13.1 Å². The molecule has 90 valence electrons. The number of likely N-dealkylation sites (N-methyl/N-ethyl adjacent to an activating group) is 1. The minimum atomic E-state index is 0.628. The Hall–Kier alpha value is -1.79. The van der Waals surface area contributed by atoms with Crippen molar-refractivity contribution in [3.63, 3.8) is 0 Å². The summed E-state index contributed by atoms with van der Waals surface area (Å²) >= 11 is 0. The summed E-state index contributed by atoms with van der Waals surface area (Å²) < 4.78 is 1.74. The zero-order valence-electron chi connectivity index (χ0n) is 9.82. The van der Waals surface area contributed by atoms with Crippen LogP contribution >= 0.6 is 0 Å². The van der Waals surface area contributed by atoms with Crippen LogP contribution in [0.4, 0.5) is 0 Å². The average Bonchev–Trinajstić information content (AvgIpc) is 2.78. The first-order chi connectivity index (χ1) is 8.31. The Morgan fingerprint density at radius 3 is 2.76 bits per heavy atom. The molecule has 0 unspecified atom stereocenters. The Labute approximate surface area is 100 Å². The predicted molar refractivity (Wildman–Crippen MR) is 64.5 cm³/mol. The van der Waals surface area contributed by atoms with Gasteiger partial charge in [-0.2, -0.15) is 4.68 Å². The molecule has 17 heavy (non-hydrogen) atoms. The summed E-state index contributed by atoms with van der Waals surface area (Å²) in [6, 6.07) is 9.84. The Bertz CT molecular complexity index is 452. The second-order valence-electron chi connectivity index (χ2n) is 3.87. The lowest BCUT2D eigenvalue weighted by molar-refractivity contribution is 0.324. The van der Waals surface area contributed by atoms with Crippen molar-refractivity contribution in [2.24, 2.45) is 5.73 Å². The van der Waals surface area contributed by atoms with Crippen LogP contribution in [0.1, 0.15) is 5.82 Å². The van der Waals surface area contributed by atoms with Crippen LogP contribution in [0.5, 0.6) is 0 Å². The van der Waals surface area contributed by atoms with Gasteiger partial charge >= 0.3 is 0 Å². The maximum Gasteiger partial charge on any atom is 0.170 e. The molecule has 1 heterocycles. The number of tetrazole rings is 1. The number of rotatable bonds is 5. The van der Waals surface area contributed by atoms with Gasteiger partial charge in [-0.05, 0) is 29.6 Å². The van der Waals surface area contributed by atoms with Crippen LogP contribution < -0.4 is 5.73 Å². The average molecular weight is 232 g/mol. The fraction of sp³-hybridized carbons (Fsp3) is 0.364. The Kier molecular flexibility index (Phi) is 3.79. The van der Waals surface area contributed by atoms with Gasteiger partial charge in [-0.15, -0.1) is 5.10 Å². The van der Waals surface area contributed by atoms with Crippen LogP contribution in [0.2, 0.25) is 0 Å². The second kappa shape index (κ2) is 5.51. The largest absolute Gasteiger partial charge is 0.329 e. The predicted octanol–water partition coefficient (Wildman–Crippen LogP) is 0.0528. The SMILES string of the molecule is CN(CCN)Cc1nnnn1-c1ccccc1. The van der Waals surface area contributed by atoms with E-state index in [0.717, 1.165) is 18.1 Å². The van der Waals surface area contributed by atoms with Gasteiger partial charge in [-0.3, -0.25) is 4.90 Å². The highest BCUT2D eigenvalue weighted by atomic mass is 15.5. The Morgan fingerprint density at radius 2 is 2.06 bits per heavy atom. The summed E-state index contributed by atoms with van der Waals surface area (Å²) in [7, 11) is 2.00. The van der Waals surface area contributed by atoms with E-state index in [4.69, 9.17) is 5.73 Å². The van der Waals surface area contributed by atoms with E-state index in [1.165, 1.54) is 0 Å². The van der Waals surface area contributed by atoms with Gasteiger partial charge in [0.05, 0.1) is 12.2 Å². The summed E-state index contributed by atoms with van der Waals surface area (Å²) in [6.07, 6.45) is 0. The molecule has 0 spiro atoms. The molecule has 0 aliphatic carbocycles. The minimum absolute atomic E-state index is 0.628. The topological polar surface area (TPSA) is 72.9 Å². The highest BCUT2D eigenvalue weighted by Gasteiger charge is 2.09. The molecule has 0 saturated heterocycles. The second-order valence-corrected chi connectivity index (χ2v) is 3.87. The number of aromatic nitrogens is 4. The van der Waals surface area contributed by atoms with Gasteiger partial charge in [0.25, 0.3) is 0 Å². The quantitative estimate of drug-likeness (QED) is 0.788. The van der Waals surface area contributed by atoms with Crippen molar-refractivity contribution in [2.75, 3.05) is 20.1 Å². The molecule has 0 atom stereocenters. The molecule has 1 aromatic carbocycles. The van der Waals surface area contributed by atoms with Crippen LogP contribution in [-0.2, 0) is 6.54 Å². The summed E-state index contributed by atoms with van der Waals surface area (Å²) in [4.78, 5) is 2.09. The first-order valence-electron chi connectivity index (χ1n) is 5.52. The fourth-order valence-corrected chi connectivity index (χ4v) is 1.61. The summed E-state index contributed by atoms with van der Waals surface area (Å²) in [5.41, 5.74) is 6.47. The number of benzene rings is 1. The molecular formula is C11H16N6. The van der Waals surface area contributed by atoms with Crippen LogP contribution in [0.25, 0.3) is 5.69 Å². The van der Waals surface area contributed by atoms with E-state index in [2.05, 4.69) is 20.4 Å². The zero-order valence-corrected chi connectivity index (χ0v) is 9.82. The fourth-order valence-electron chi connectivity index (χ4n) is 1.61. The van der Waals surface area contributed by atoms with E-state index in [-0.39, 0.29) is 0 Å². The number of para-hydroxylation sites is 1. The lowest BCUT2D eigenvalue weighted by Gasteiger charge is -2.14. The highest BCUT2D eigenvalue weighted by Crippen LogP contribution is 2.07. The monoisotopic (exact) mass is 232 g/mol. The van der Waals surface area contributed by atoms with Gasteiger partial charge in [0, 0.05) is 13.1 Å². The van der Waals surface area contributed by atoms with E-state index >= 15 is 0 Å². The summed E-state index contributed by atoms with van der Waals surface area (Å²) in [5.74, 6) is 0.812. The molecule has 0 aliphatic heterocycles. The van der Waals surface area contributed by atoms with Crippen molar-refractivity contribution in [3.05, 3.63) is 36.2 Å². The van der Waals surface area contributed by atoms with Crippen molar-refractivity contribution in [1.29, 1.82) is 0 Å². The molecule has 6 nitrogen and oxygen atoms in total. The van der Waals surface area contributed by atoms with Gasteiger partial charge in [-0.25, -0.2) is 0 Å². The minimum Gasteiger partial charge on any atom is -0.329 e. The molecule has 2 rings (SSSR count). The van der Waals surface area contributed by atoms with Gasteiger partial charge in [0.2, 0.25) is 0 Å². The van der Waals surface area contributed by atoms with Crippen LogP contribution in [0.15, 0.2) is 30.3 Å². The van der Waals surface area contributed by atoms with Gasteiger partial charge in [0.15, 0.2) is 5.82 Å². The van der Waals surface area contributed by atoms with Crippen LogP contribution in [0, 0.1) is 0 Å². The van der Waals surface area contributed by atoms with Crippen LogP contribution in [0.3, 0.4) is 0 Å². The maximum absolute atomic E-state index is 5.51. The van der Waals surface area contributed by atoms with Gasteiger partial charge < -0.3 is 5.73 Å². The summed E-state index contributed by atoms with van der Waals surface area (Å²) in [5, 5.41) is 11.7. The lowest BCUT2D eigenvalue weighted by Crippen LogP contribution is -2.26. The third-order valence-corrected chi connectivity index (χ3v) is 2.46. The molecule has 0 saturated carbocycles. The van der Waals surface area contributed by atoms with Crippen molar-refractivity contribution >= 4 is 0 Å². The molecule has 6 heteroatoms. The molecular weight excluding hydrogens is 216 g/mol. The third-order valence-electron chi connectivity index (χ3n) is 2.46. The van der Waals surface area contributed by atoms with Gasteiger partial charge in [-0.1, -0.05) is 18.2 Å². The standard InChI is InChI=1S/C11H16N6/c1-16(8-7-12)9-11-13-14-15-17(11)10-5-3-2-4-6-10/h2-6H,7-9,12H2,1H3.